The maximum absolute atomic E-state index is 12.2. The van der Waals surface area contributed by atoms with E-state index in [0.29, 0.717) is 12.2 Å². The van der Waals surface area contributed by atoms with Gasteiger partial charge in [0, 0.05) is 41.3 Å². The zero-order valence-electron chi connectivity index (χ0n) is 9.73. The number of pyridine rings is 1. The van der Waals surface area contributed by atoms with Crippen LogP contribution in [0.5, 0.6) is 0 Å². The van der Waals surface area contributed by atoms with Crippen LogP contribution in [0.3, 0.4) is 0 Å². The first-order valence-electron chi connectivity index (χ1n) is 5.57. The van der Waals surface area contributed by atoms with Crippen molar-refractivity contribution >= 4 is 33.5 Å². The van der Waals surface area contributed by atoms with E-state index in [-0.39, 0.29) is 6.04 Å². The predicted molar refractivity (Wildman–Crippen MR) is 74.4 cm³/mol. The van der Waals surface area contributed by atoms with Crippen LogP contribution < -0.4 is 0 Å². The van der Waals surface area contributed by atoms with Crippen molar-refractivity contribution in [2.75, 3.05) is 25.1 Å². The highest BCUT2D eigenvalue weighted by Gasteiger charge is 2.25. The molecule has 0 amide bonds. The van der Waals surface area contributed by atoms with Crippen LogP contribution >= 0.6 is 27.7 Å². The van der Waals surface area contributed by atoms with Crippen LogP contribution in [0, 0.1) is 0 Å². The number of halogens is 1. The van der Waals surface area contributed by atoms with Crippen LogP contribution in [0.1, 0.15) is 5.56 Å². The summed E-state index contributed by atoms with van der Waals surface area (Å²) in [7, 11) is 2.03. The van der Waals surface area contributed by atoms with Crippen LogP contribution in [-0.2, 0) is 11.2 Å². The van der Waals surface area contributed by atoms with Crippen molar-refractivity contribution in [1.82, 2.24) is 9.88 Å². The number of nitrogens with zero attached hydrogens (tertiary/aromatic N) is 2. The number of thioether (sulfide) groups is 1. The zero-order valence-corrected chi connectivity index (χ0v) is 12.1. The minimum absolute atomic E-state index is 0.0627. The van der Waals surface area contributed by atoms with Gasteiger partial charge in [0.2, 0.25) is 0 Å². The van der Waals surface area contributed by atoms with Gasteiger partial charge in [-0.05, 0) is 34.6 Å². The highest BCUT2D eigenvalue weighted by molar-refractivity contribution is 9.10. The molecule has 0 bridgehead atoms. The zero-order chi connectivity index (χ0) is 12.3. The number of ketones is 1. The van der Waals surface area contributed by atoms with Gasteiger partial charge in [-0.3, -0.25) is 14.7 Å². The molecule has 0 spiro atoms. The molecule has 0 aliphatic carbocycles. The second kappa shape index (κ2) is 5.98. The Labute approximate surface area is 114 Å². The molecular weight excluding hydrogens is 300 g/mol. The first-order chi connectivity index (χ1) is 8.16. The molecule has 1 aliphatic rings. The SMILES string of the molecule is CN1CCSCC1C(=O)Cc1cncc(Br)c1. The summed E-state index contributed by atoms with van der Waals surface area (Å²) in [6, 6.07) is 2.02. The normalized spacial score (nSPS) is 21.4. The topological polar surface area (TPSA) is 33.2 Å². The lowest BCUT2D eigenvalue weighted by atomic mass is 10.1. The summed E-state index contributed by atoms with van der Waals surface area (Å²) in [5.41, 5.74) is 0.980. The Hall–Kier alpha value is -0.390. The summed E-state index contributed by atoms with van der Waals surface area (Å²) >= 11 is 5.23. The molecule has 92 valence electrons. The highest BCUT2D eigenvalue weighted by Crippen LogP contribution is 2.17. The van der Waals surface area contributed by atoms with E-state index in [9.17, 15) is 4.79 Å². The summed E-state index contributed by atoms with van der Waals surface area (Å²) in [5, 5.41) is 0. The maximum Gasteiger partial charge on any atom is 0.155 e. The molecule has 3 nitrogen and oxygen atoms in total. The van der Waals surface area contributed by atoms with Gasteiger partial charge < -0.3 is 0 Å². The molecule has 0 aromatic carbocycles. The van der Waals surface area contributed by atoms with Crippen molar-refractivity contribution in [2.45, 2.75) is 12.5 Å². The molecule has 1 saturated heterocycles. The summed E-state index contributed by atoms with van der Waals surface area (Å²) < 4.78 is 0.925. The average molecular weight is 315 g/mol. The molecule has 1 unspecified atom stereocenters. The largest absolute Gasteiger partial charge is 0.298 e. The van der Waals surface area contributed by atoms with Crippen molar-refractivity contribution in [3.8, 4) is 0 Å². The monoisotopic (exact) mass is 314 g/mol. The number of aromatic nitrogens is 1. The highest BCUT2D eigenvalue weighted by atomic mass is 79.9. The third kappa shape index (κ3) is 3.53. The average Bonchev–Trinajstić information content (AvgIpc) is 2.29. The Kier molecular flexibility index (Phi) is 4.59. The van der Waals surface area contributed by atoms with Gasteiger partial charge in [0.15, 0.2) is 5.78 Å². The van der Waals surface area contributed by atoms with Crippen molar-refractivity contribution in [1.29, 1.82) is 0 Å². The Morgan fingerprint density at radius 1 is 1.65 bits per heavy atom. The molecule has 1 atom stereocenters. The summed E-state index contributed by atoms with van der Waals surface area (Å²) in [6.07, 6.45) is 3.97. The van der Waals surface area contributed by atoms with Gasteiger partial charge in [0.1, 0.15) is 0 Å². The molecule has 1 aromatic rings. The number of Topliss-reactive ketones (excluding diaryl/α,β-unsaturated/α-hetero) is 1. The molecule has 5 heteroatoms. The van der Waals surface area contributed by atoms with Crippen molar-refractivity contribution in [3.63, 3.8) is 0 Å². The summed E-state index contributed by atoms with van der Waals surface area (Å²) in [6.45, 7) is 0.998. The summed E-state index contributed by atoms with van der Waals surface area (Å²) in [4.78, 5) is 18.4. The maximum atomic E-state index is 12.2. The van der Waals surface area contributed by atoms with E-state index in [1.807, 2.05) is 24.9 Å². The molecule has 1 aliphatic heterocycles. The molecule has 0 N–H and O–H groups in total. The molecule has 1 fully saturated rings. The van der Waals surface area contributed by atoms with Crippen molar-refractivity contribution in [2.24, 2.45) is 0 Å². The standard InChI is InChI=1S/C12H15BrN2OS/c1-15-2-3-17-8-11(15)12(16)5-9-4-10(13)7-14-6-9/h4,6-7,11H,2-3,5,8H2,1H3. The third-order valence-corrected chi connectivity index (χ3v) is 4.36. The molecule has 17 heavy (non-hydrogen) atoms. The van der Waals surface area contributed by atoms with E-state index >= 15 is 0 Å². The summed E-state index contributed by atoms with van der Waals surface area (Å²) in [5.74, 6) is 2.33. The minimum Gasteiger partial charge on any atom is -0.298 e. The first-order valence-corrected chi connectivity index (χ1v) is 7.51. The number of hydrogen-bond donors (Lipinski definition) is 0. The van der Waals surface area contributed by atoms with Crippen LogP contribution in [0.15, 0.2) is 22.9 Å². The van der Waals surface area contributed by atoms with Crippen molar-refractivity contribution < 1.29 is 4.79 Å². The molecule has 2 heterocycles. The Morgan fingerprint density at radius 3 is 3.18 bits per heavy atom. The van der Waals surface area contributed by atoms with E-state index in [4.69, 9.17) is 0 Å². The van der Waals surface area contributed by atoms with Crippen LogP contribution in [-0.4, -0.2) is 46.8 Å². The molecular formula is C12H15BrN2OS. The third-order valence-electron chi connectivity index (χ3n) is 2.91. The van der Waals surface area contributed by atoms with E-state index in [1.54, 1.807) is 12.4 Å². The quantitative estimate of drug-likeness (QED) is 0.854. The smallest absolute Gasteiger partial charge is 0.155 e. The fourth-order valence-electron chi connectivity index (χ4n) is 1.90. The lowest BCUT2D eigenvalue weighted by Crippen LogP contribution is -2.45. The fourth-order valence-corrected chi connectivity index (χ4v) is 3.56. The van der Waals surface area contributed by atoms with Gasteiger partial charge in [0.05, 0.1) is 6.04 Å². The number of carbonyl (C=O) groups excluding carboxylic acids is 1. The Morgan fingerprint density at radius 2 is 2.47 bits per heavy atom. The predicted octanol–water partition coefficient (Wildman–Crippen LogP) is 2.00. The van der Waals surface area contributed by atoms with Crippen LogP contribution in [0.2, 0.25) is 0 Å². The van der Waals surface area contributed by atoms with Gasteiger partial charge in [-0.15, -0.1) is 0 Å². The van der Waals surface area contributed by atoms with Gasteiger partial charge in [0.25, 0.3) is 0 Å². The van der Waals surface area contributed by atoms with E-state index in [1.165, 1.54) is 0 Å². The number of likely N-dealkylation sites (N-methyl/N-ethyl adjacent to an activating group) is 1. The Bertz CT molecular complexity index is 413. The van der Waals surface area contributed by atoms with Gasteiger partial charge in [-0.1, -0.05) is 0 Å². The minimum atomic E-state index is 0.0627. The van der Waals surface area contributed by atoms with Crippen LogP contribution in [0.4, 0.5) is 0 Å². The fraction of sp³-hybridized carbons (Fsp3) is 0.500. The lowest BCUT2D eigenvalue weighted by molar-refractivity contribution is -0.122. The Balaban J connectivity index is 2.01. The first kappa shape index (κ1) is 13.1. The lowest BCUT2D eigenvalue weighted by Gasteiger charge is -2.30. The van der Waals surface area contributed by atoms with E-state index < -0.39 is 0 Å². The second-order valence-electron chi connectivity index (χ2n) is 4.23. The number of hydrogen-bond acceptors (Lipinski definition) is 4. The van der Waals surface area contributed by atoms with Crippen molar-refractivity contribution in [3.05, 3.63) is 28.5 Å². The molecule has 1 aromatic heterocycles. The van der Waals surface area contributed by atoms with E-state index in [0.717, 1.165) is 28.1 Å². The number of rotatable bonds is 3. The van der Waals surface area contributed by atoms with Gasteiger partial charge in [-0.2, -0.15) is 11.8 Å². The molecule has 0 radical (unpaired) electrons. The van der Waals surface area contributed by atoms with Gasteiger partial charge >= 0.3 is 0 Å². The van der Waals surface area contributed by atoms with E-state index in [2.05, 4.69) is 25.8 Å². The van der Waals surface area contributed by atoms with Crippen LogP contribution in [0.25, 0.3) is 0 Å². The molecule has 0 saturated carbocycles. The molecule has 2 rings (SSSR count). The second-order valence-corrected chi connectivity index (χ2v) is 6.29. The number of carbonyl (C=O) groups is 1. The van der Waals surface area contributed by atoms with Gasteiger partial charge in [-0.25, -0.2) is 0 Å².